The highest BCUT2D eigenvalue weighted by Gasteiger charge is 2.35. The Labute approximate surface area is 92.4 Å². The highest BCUT2D eigenvalue weighted by atomic mass is 16.2. The van der Waals surface area contributed by atoms with Gasteiger partial charge in [0.25, 0.3) is 0 Å². The first-order valence-corrected chi connectivity index (χ1v) is 4.96. The predicted octanol–water partition coefficient (Wildman–Crippen LogP) is 0.264. The summed E-state index contributed by atoms with van der Waals surface area (Å²) >= 11 is 0. The van der Waals surface area contributed by atoms with E-state index in [9.17, 15) is 19.2 Å². The molecule has 1 heterocycles. The van der Waals surface area contributed by atoms with Gasteiger partial charge in [0.2, 0.25) is 11.8 Å². The number of urea groups is 2. The van der Waals surface area contributed by atoms with Gasteiger partial charge in [-0.1, -0.05) is 13.8 Å². The highest BCUT2D eigenvalue weighted by molar-refractivity contribution is 6.08. The molecule has 0 aromatic rings. The van der Waals surface area contributed by atoms with Crippen molar-refractivity contribution in [1.82, 2.24) is 15.1 Å². The average Bonchev–Trinajstić information content (AvgIpc) is 2.27. The van der Waals surface area contributed by atoms with E-state index in [4.69, 9.17) is 0 Å². The third-order valence-corrected chi connectivity index (χ3v) is 2.19. The zero-order valence-electron chi connectivity index (χ0n) is 9.15. The molecule has 7 heteroatoms. The third kappa shape index (κ3) is 2.18. The summed E-state index contributed by atoms with van der Waals surface area (Å²) in [7, 11) is 0. The van der Waals surface area contributed by atoms with Crippen LogP contribution in [0.5, 0.6) is 0 Å². The van der Waals surface area contributed by atoms with E-state index in [0.717, 1.165) is 9.80 Å². The molecule has 0 bridgehead atoms. The molecule has 1 aliphatic rings. The SMILES string of the molecule is CCC(=O)N1CN(C(=O)CC)C(=O)NC1=O. The van der Waals surface area contributed by atoms with E-state index >= 15 is 0 Å². The van der Waals surface area contributed by atoms with Crippen LogP contribution in [-0.2, 0) is 9.59 Å². The molecule has 1 saturated heterocycles. The van der Waals surface area contributed by atoms with E-state index in [2.05, 4.69) is 0 Å². The summed E-state index contributed by atoms with van der Waals surface area (Å²) in [6, 6.07) is -1.56. The maximum absolute atomic E-state index is 11.4. The lowest BCUT2D eigenvalue weighted by atomic mass is 10.3. The van der Waals surface area contributed by atoms with E-state index in [1.54, 1.807) is 13.8 Å². The summed E-state index contributed by atoms with van der Waals surface area (Å²) < 4.78 is 0. The Morgan fingerprint density at radius 2 is 1.44 bits per heavy atom. The predicted molar refractivity (Wildman–Crippen MR) is 53.1 cm³/mol. The van der Waals surface area contributed by atoms with E-state index in [1.165, 1.54) is 0 Å². The molecular formula is C9H13N3O4. The minimum Gasteiger partial charge on any atom is -0.274 e. The molecule has 0 aliphatic carbocycles. The molecule has 0 unspecified atom stereocenters. The van der Waals surface area contributed by atoms with Gasteiger partial charge in [-0.3, -0.25) is 14.9 Å². The van der Waals surface area contributed by atoms with Gasteiger partial charge >= 0.3 is 12.1 Å². The molecule has 0 atom stereocenters. The Morgan fingerprint density at radius 3 is 1.75 bits per heavy atom. The first kappa shape index (κ1) is 12.2. The quantitative estimate of drug-likeness (QED) is 0.733. The van der Waals surface area contributed by atoms with Crippen molar-refractivity contribution in [3.05, 3.63) is 0 Å². The second kappa shape index (κ2) is 4.73. The van der Waals surface area contributed by atoms with Crippen LogP contribution in [0.1, 0.15) is 26.7 Å². The lowest BCUT2D eigenvalue weighted by Crippen LogP contribution is -2.61. The Bertz CT molecular complexity index is 321. The van der Waals surface area contributed by atoms with Crippen molar-refractivity contribution >= 4 is 23.9 Å². The van der Waals surface area contributed by atoms with E-state index < -0.39 is 23.9 Å². The summed E-state index contributed by atoms with van der Waals surface area (Å²) in [4.78, 5) is 47.0. The fourth-order valence-electron chi connectivity index (χ4n) is 1.26. The van der Waals surface area contributed by atoms with Crippen LogP contribution in [0.25, 0.3) is 0 Å². The second-order valence-corrected chi connectivity index (χ2v) is 3.23. The van der Waals surface area contributed by atoms with Gasteiger partial charge in [-0.25, -0.2) is 19.4 Å². The van der Waals surface area contributed by atoms with Crippen molar-refractivity contribution in [3.63, 3.8) is 0 Å². The maximum atomic E-state index is 11.4. The van der Waals surface area contributed by atoms with Crippen LogP contribution in [0.4, 0.5) is 9.59 Å². The van der Waals surface area contributed by atoms with Crippen LogP contribution < -0.4 is 5.32 Å². The smallest absolute Gasteiger partial charge is 0.274 e. The van der Waals surface area contributed by atoms with Crippen molar-refractivity contribution in [2.45, 2.75) is 26.7 Å². The van der Waals surface area contributed by atoms with E-state index in [1.807, 2.05) is 5.32 Å². The van der Waals surface area contributed by atoms with Crippen LogP contribution in [0.15, 0.2) is 0 Å². The molecular weight excluding hydrogens is 214 g/mol. The van der Waals surface area contributed by atoms with E-state index in [-0.39, 0.29) is 19.5 Å². The fraction of sp³-hybridized carbons (Fsp3) is 0.556. The summed E-state index contributed by atoms with van der Waals surface area (Å²) in [6.45, 7) is 2.89. The zero-order chi connectivity index (χ0) is 12.3. The Morgan fingerprint density at radius 1 is 1.06 bits per heavy atom. The molecule has 1 aliphatic heterocycles. The monoisotopic (exact) mass is 227 g/mol. The second-order valence-electron chi connectivity index (χ2n) is 3.23. The van der Waals surface area contributed by atoms with Crippen LogP contribution in [-0.4, -0.2) is 40.3 Å². The van der Waals surface area contributed by atoms with Gasteiger partial charge in [0, 0.05) is 12.8 Å². The zero-order valence-corrected chi connectivity index (χ0v) is 9.15. The number of carbonyl (C=O) groups is 4. The Hall–Kier alpha value is -1.92. The molecule has 0 saturated carbocycles. The van der Waals surface area contributed by atoms with Gasteiger partial charge < -0.3 is 0 Å². The topological polar surface area (TPSA) is 86.8 Å². The molecule has 0 aromatic carbocycles. The fourth-order valence-corrected chi connectivity index (χ4v) is 1.26. The normalized spacial score (nSPS) is 16.1. The Kier molecular flexibility index (Phi) is 3.60. The molecule has 0 radical (unpaired) electrons. The molecule has 1 rings (SSSR count). The Balaban J connectivity index is 2.84. The molecule has 6 amide bonds. The summed E-state index contributed by atoms with van der Waals surface area (Å²) in [5.41, 5.74) is 0. The van der Waals surface area contributed by atoms with Crippen molar-refractivity contribution in [2.75, 3.05) is 6.67 Å². The highest BCUT2D eigenvalue weighted by Crippen LogP contribution is 2.07. The first-order chi connectivity index (χ1) is 7.51. The van der Waals surface area contributed by atoms with Crippen molar-refractivity contribution in [1.29, 1.82) is 0 Å². The van der Waals surface area contributed by atoms with Crippen LogP contribution in [0, 0.1) is 0 Å². The van der Waals surface area contributed by atoms with Crippen LogP contribution >= 0.6 is 0 Å². The lowest BCUT2D eigenvalue weighted by Gasteiger charge is -2.32. The van der Waals surface area contributed by atoms with Crippen LogP contribution in [0.2, 0.25) is 0 Å². The number of hydrogen-bond acceptors (Lipinski definition) is 4. The van der Waals surface area contributed by atoms with Gasteiger partial charge in [0.1, 0.15) is 6.67 Å². The maximum Gasteiger partial charge on any atom is 0.333 e. The number of imide groups is 3. The summed E-state index contributed by atoms with van der Waals surface area (Å²) in [5, 5.41) is 1.94. The largest absolute Gasteiger partial charge is 0.333 e. The molecule has 88 valence electrons. The number of nitrogens with zero attached hydrogens (tertiary/aromatic N) is 2. The molecule has 16 heavy (non-hydrogen) atoms. The van der Waals surface area contributed by atoms with Crippen molar-refractivity contribution < 1.29 is 19.2 Å². The standard InChI is InChI=1S/C9H13N3O4/c1-3-6(13)11-5-12(7(14)4-2)9(16)10-8(11)15/h3-5H2,1-2H3,(H,10,15,16). The van der Waals surface area contributed by atoms with Gasteiger partial charge in [0.15, 0.2) is 0 Å². The minimum absolute atomic E-state index is 0.135. The van der Waals surface area contributed by atoms with Crippen molar-refractivity contribution in [2.24, 2.45) is 0 Å². The van der Waals surface area contributed by atoms with Gasteiger partial charge in [0.05, 0.1) is 0 Å². The average molecular weight is 227 g/mol. The third-order valence-electron chi connectivity index (χ3n) is 2.19. The summed E-state index contributed by atoms with van der Waals surface area (Å²) in [5.74, 6) is -0.863. The minimum atomic E-state index is -0.781. The lowest BCUT2D eigenvalue weighted by molar-refractivity contribution is -0.134. The number of rotatable bonds is 2. The number of amides is 6. The first-order valence-electron chi connectivity index (χ1n) is 4.96. The molecule has 7 nitrogen and oxygen atoms in total. The van der Waals surface area contributed by atoms with Crippen molar-refractivity contribution in [3.8, 4) is 0 Å². The number of carbonyl (C=O) groups excluding carboxylic acids is 4. The molecule has 1 N–H and O–H groups in total. The van der Waals surface area contributed by atoms with Gasteiger partial charge in [-0.2, -0.15) is 0 Å². The molecule has 0 aromatic heterocycles. The summed E-state index contributed by atoms with van der Waals surface area (Å²) in [6.07, 6.45) is 0.269. The van der Waals surface area contributed by atoms with Gasteiger partial charge in [-0.05, 0) is 0 Å². The van der Waals surface area contributed by atoms with Gasteiger partial charge in [-0.15, -0.1) is 0 Å². The number of nitrogens with one attached hydrogen (secondary N) is 1. The van der Waals surface area contributed by atoms with Crippen LogP contribution in [0.3, 0.4) is 0 Å². The molecule has 0 spiro atoms. The molecule has 1 fully saturated rings. The van der Waals surface area contributed by atoms with E-state index in [0.29, 0.717) is 0 Å². The number of hydrogen-bond donors (Lipinski definition) is 1.